The highest BCUT2D eigenvalue weighted by Crippen LogP contribution is 2.42. The van der Waals surface area contributed by atoms with E-state index in [0.29, 0.717) is 18.0 Å². The molecule has 152 valence electrons. The number of benzene rings is 1. The van der Waals surface area contributed by atoms with Crippen LogP contribution in [-0.2, 0) is 6.42 Å². The predicted octanol–water partition coefficient (Wildman–Crippen LogP) is 4.05. The number of halogens is 1. The van der Waals surface area contributed by atoms with E-state index in [1.54, 1.807) is 0 Å². The Morgan fingerprint density at radius 3 is 2.59 bits per heavy atom. The highest BCUT2D eigenvalue weighted by atomic mass is 19.1. The number of piperidine rings is 1. The molecule has 1 spiro atoms. The van der Waals surface area contributed by atoms with Gasteiger partial charge in [0.15, 0.2) is 0 Å². The topological polar surface area (TPSA) is 45.2 Å². The first kappa shape index (κ1) is 18.7. The molecule has 3 heterocycles. The summed E-state index contributed by atoms with van der Waals surface area (Å²) < 4.78 is 13.3. The van der Waals surface area contributed by atoms with Crippen molar-refractivity contribution in [2.24, 2.45) is 0 Å². The van der Waals surface area contributed by atoms with Gasteiger partial charge in [0.1, 0.15) is 11.5 Å². The molecule has 1 N–H and O–H groups in total. The molecule has 3 fully saturated rings. The third-order valence-corrected chi connectivity index (χ3v) is 6.91. The lowest BCUT2D eigenvalue weighted by Crippen LogP contribution is -2.53. The van der Waals surface area contributed by atoms with E-state index in [9.17, 15) is 9.18 Å². The van der Waals surface area contributed by atoms with Crippen molar-refractivity contribution in [1.82, 2.24) is 15.2 Å². The average Bonchev–Trinajstić information content (AvgIpc) is 3.51. The van der Waals surface area contributed by atoms with Crippen LogP contribution < -0.4 is 5.32 Å². The van der Waals surface area contributed by atoms with E-state index in [1.165, 1.54) is 30.5 Å². The minimum atomic E-state index is -0.227. The maximum Gasteiger partial charge on any atom is 0.272 e. The fraction of sp³-hybridized carbons (Fsp3) is 0.500. The molecule has 2 saturated heterocycles. The van der Waals surface area contributed by atoms with Gasteiger partial charge in [-0.15, -0.1) is 0 Å². The van der Waals surface area contributed by atoms with E-state index in [1.807, 2.05) is 18.2 Å². The monoisotopic (exact) mass is 393 g/mol. The van der Waals surface area contributed by atoms with Crippen LogP contribution in [0.2, 0.25) is 0 Å². The second kappa shape index (κ2) is 7.52. The van der Waals surface area contributed by atoms with E-state index >= 15 is 0 Å². The van der Waals surface area contributed by atoms with Gasteiger partial charge in [-0.1, -0.05) is 18.2 Å². The second-order valence-corrected chi connectivity index (χ2v) is 8.84. The number of aromatic nitrogens is 1. The molecule has 5 rings (SSSR count). The number of likely N-dealkylation sites (tertiary alicyclic amines) is 1. The zero-order valence-electron chi connectivity index (χ0n) is 16.8. The lowest BCUT2D eigenvalue weighted by atomic mass is 9.85. The number of nitrogens with zero attached hydrogens (tertiary/aromatic N) is 2. The van der Waals surface area contributed by atoms with Crippen molar-refractivity contribution in [2.75, 3.05) is 19.6 Å². The van der Waals surface area contributed by atoms with Gasteiger partial charge in [0, 0.05) is 24.2 Å². The molecule has 2 aromatic rings. The standard InChI is InChI=1S/C24H28FN3O/c25-19-6-2-17(3-7-19)16-22-20(18-4-5-18)8-9-21(27-22)23(29)28-15-1-10-24(28)11-13-26-14-12-24/h2-3,6-9,18,26H,1,4-5,10-16H2. The summed E-state index contributed by atoms with van der Waals surface area (Å²) in [6.07, 6.45) is 7.25. The van der Waals surface area contributed by atoms with E-state index < -0.39 is 0 Å². The molecule has 0 atom stereocenters. The van der Waals surface area contributed by atoms with Crippen molar-refractivity contribution in [3.05, 3.63) is 64.7 Å². The first-order chi connectivity index (χ1) is 14.1. The van der Waals surface area contributed by atoms with Crippen molar-refractivity contribution in [1.29, 1.82) is 0 Å². The first-order valence-electron chi connectivity index (χ1n) is 10.9. The van der Waals surface area contributed by atoms with Gasteiger partial charge in [-0.3, -0.25) is 4.79 Å². The number of carbonyl (C=O) groups is 1. The molecule has 29 heavy (non-hydrogen) atoms. The SMILES string of the molecule is O=C(c1ccc(C2CC2)c(Cc2ccc(F)cc2)n1)N1CCCC12CCNCC2. The third kappa shape index (κ3) is 3.68. The van der Waals surface area contributed by atoms with Gasteiger partial charge in [0.05, 0.1) is 0 Å². The smallest absolute Gasteiger partial charge is 0.272 e. The molecule has 1 aromatic carbocycles. The molecule has 4 nitrogen and oxygen atoms in total. The Kier molecular flexibility index (Phi) is 4.86. The number of hydrogen-bond acceptors (Lipinski definition) is 3. The van der Waals surface area contributed by atoms with Crippen molar-refractivity contribution in [2.45, 2.75) is 56.4 Å². The molecule has 0 radical (unpaired) electrons. The van der Waals surface area contributed by atoms with Gasteiger partial charge in [-0.25, -0.2) is 9.37 Å². The van der Waals surface area contributed by atoms with E-state index in [-0.39, 0.29) is 17.3 Å². The minimum Gasteiger partial charge on any atom is -0.332 e. The average molecular weight is 394 g/mol. The molecule has 5 heteroatoms. The number of pyridine rings is 1. The maximum absolute atomic E-state index is 13.5. The number of carbonyl (C=O) groups excluding carboxylic acids is 1. The Morgan fingerprint density at radius 1 is 1.10 bits per heavy atom. The molecule has 0 bridgehead atoms. The third-order valence-electron chi connectivity index (χ3n) is 6.91. The van der Waals surface area contributed by atoms with Crippen molar-refractivity contribution >= 4 is 5.91 Å². The van der Waals surface area contributed by atoms with E-state index in [4.69, 9.17) is 4.98 Å². The summed E-state index contributed by atoms with van der Waals surface area (Å²) in [4.78, 5) is 20.4. The van der Waals surface area contributed by atoms with Crippen LogP contribution in [0, 0.1) is 5.82 Å². The molecule has 3 aliphatic rings. The quantitative estimate of drug-likeness (QED) is 0.852. The van der Waals surface area contributed by atoms with Crippen LogP contribution in [0.1, 0.15) is 71.8 Å². The van der Waals surface area contributed by atoms with Crippen LogP contribution in [-0.4, -0.2) is 41.0 Å². The van der Waals surface area contributed by atoms with Crippen LogP contribution in [0.25, 0.3) is 0 Å². The summed E-state index contributed by atoms with van der Waals surface area (Å²) in [5.41, 5.74) is 3.83. The molecule has 1 aliphatic carbocycles. The van der Waals surface area contributed by atoms with Crippen LogP contribution in [0.5, 0.6) is 0 Å². The highest BCUT2D eigenvalue weighted by Gasteiger charge is 2.44. The summed E-state index contributed by atoms with van der Waals surface area (Å²) in [5, 5.41) is 3.42. The summed E-state index contributed by atoms with van der Waals surface area (Å²) in [5.74, 6) is 0.408. The van der Waals surface area contributed by atoms with E-state index in [2.05, 4.69) is 16.3 Å². The zero-order valence-corrected chi connectivity index (χ0v) is 16.8. The van der Waals surface area contributed by atoms with Crippen molar-refractivity contribution < 1.29 is 9.18 Å². The molecule has 0 unspecified atom stereocenters. The largest absolute Gasteiger partial charge is 0.332 e. The maximum atomic E-state index is 13.5. The van der Waals surface area contributed by atoms with Crippen LogP contribution in [0.3, 0.4) is 0 Å². The molecule has 2 aliphatic heterocycles. The Labute approximate surface area is 171 Å². The number of hydrogen-bond donors (Lipinski definition) is 1. The molecular weight excluding hydrogens is 365 g/mol. The first-order valence-corrected chi connectivity index (χ1v) is 10.9. The van der Waals surface area contributed by atoms with Crippen molar-refractivity contribution in [3.63, 3.8) is 0 Å². The van der Waals surface area contributed by atoms with Crippen LogP contribution in [0.15, 0.2) is 36.4 Å². The van der Waals surface area contributed by atoms with Gasteiger partial charge in [0.25, 0.3) is 5.91 Å². The number of amides is 1. The molecule has 1 amide bonds. The number of rotatable bonds is 4. The fourth-order valence-electron chi connectivity index (χ4n) is 5.14. The van der Waals surface area contributed by atoms with Gasteiger partial charge >= 0.3 is 0 Å². The lowest BCUT2D eigenvalue weighted by Gasteiger charge is -2.41. The van der Waals surface area contributed by atoms with Gasteiger partial charge < -0.3 is 10.2 Å². The summed E-state index contributed by atoms with van der Waals surface area (Å²) >= 11 is 0. The Balaban J connectivity index is 1.44. The van der Waals surface area contributed by atoms with Gasteiger partial charge in [0.2, 0.25) is 0 Å². The predicted molar refractivity (Wildman–Crippen MR) is 111 cm³/mol. The molecule has 1 saturated carbocycles. The Bertz CT molecular complexity index is 901. The highest BCUT2D eigenvalue weighted by molar-refractivity contribution is 5.93. The van der Waals surface area contributed by atoms with E-state index in [0.717, 1.165) is 56.6 Å². The normalized spacial score (nSPS) is 20.9. The Morgan fingerprint density at radius 2 is 1.86 bits per heavy atom. The van der Waals surface area contributed by atoms with Crippen LogP contribution >= 0.6 is 0 Å². The summed E-state index contributed by atoms with van der Waals surface area (Å²) in [7, 11) is 0. The summed E-state index contributed by atoms with van der Waals surface area (Å²) in [6, 6.07) is 10.6. The van der Waals surface area contributed by atoms with Crippen molar-refractivity contribution in [3.8, 4) is 0 Å². The second-order valence-electron chi connectivity index (χ2n) is 8.84. The van der Waals surface area contributed by atoms with Gasteiger partial charge in [-0.2, -0.15) is 0 Å². The summed E-state index contributed by atoms with van der Waals surface area (Å²) in [6.45, 7) is 2.79. The zero-order chi connectivity index (χ0) is 19.8. The number of nitrogens with one attached hydrogen (secondary N) is 1. The fourth-order valence-corrected chi connectivity index (χ4v) is 5.14. The Hall–Kier alpha value is -2.27. The molecule has 1 aromatic heterocycles. The van der Waals surface area contributed by atoms with Gasteiger partial charge in [-0.05, 0) is 86.9 Å². The minimum absolute atomic E-state index is 0.0102. The lowest BCUT2D eigenvalue weighted by molar-refractivity contribution is 0.0513. The molecular formula is C24H28FN3O. The van der Waals surface area contributed by atoms with Crippen LogP contribution in [0.4, 0.5) is 4.39 Å².